The highest BCUT2D eigenvalue weighted by atomic mass is 16.3. The van der Waals surface area contributed by atoms with E-state index in [9.17, 15) is 5.11 Å². The van der Waals surface area contributed by atoms with Crippen LogP contribution < -0.4 is 0 Å². The fraction of sp³-hybridized carbons (Fsp3) is 0.312. The average molecular weight is 269 g/mol. The molecule has 1 aromatic carbocycles. The summed E-state index contributed by atoms with van der Waals surface area (Å²) in [6.07, 6.45) is 6.94. The largest absolute Gasteiger partial charge is 0.392 e. The third kappa shape index (κ3) is 2.23. The fourth-order valence-electron chi connectivity index (χ4n) is 2.68. The Balaban J connectivity index is 2.00. The Morgan fingerprint density at radius 2 is 2.05 bits per heavy atom. The lowest BCUT2D eigenvalue weighted by molar-refractivity contribution is 0.283. The molecular formula is C16H19N3O. The topological polar surface area (TPSA) is 43.0 Å². The van der Waals surface area contributed by atoms with Gasteiger partial charge in [-0.25, -0.2) is 4.98 Å². The predicted octanol–water partition coefficient (Wildman–Crippen LogP) is 2.79. The molecule has 0 saturated carbocycles. The minimum atomic E-state index is 0.0712. The van der Waals surface area contributed by atoms with E-state index in [4.69, 9.17) is 0 Å². The molecule has 0 atom stereocenters. The molecule has 3 rings (SSSR count). The number of aliphatic hydroxyl groups excluding tert-OH is 1. The van der Waals surface area contributed by atoms with Crippen molar-refractivity contribution in [3.8, 4) is 0 Å². The molecule has 2 aromatic heterocycles. The second kappa shape index (κ2) is 5.51. The van der Waals surface area contributed by atoms with Crippen LogP contribution in [0.1, 0.15) is 24.6 Å². The van der Waals surface area contributed by atoms with Gasteiger partial charge in [-0.15, -0.1) is 0 Å². The summed E-state index contributed by atoms with van der Waals surface area (Å²) < 4.78 is 4.37. The van der Waals surface area contributed by atoms with Crippen molar-refractivity contribution in [2.24, 2.45) is 0 Å². The zero-order chi connectivity index (χ0) is 13.9. The van der Waals surface area contributed by atoms with Crippen LogP contribution in [0, 0.1) is 0 Å². The van der Waals surface area contributed by atoms with E-state index in [-0.39, 0.29) is 6.61 Å². The third-order valence-electron chi connectivity index (χ3n) is 3.64. The monoisotopic (exact) mass is 269 g/mol. The lowest BCUT2D eigenvalue weighted by Crippen LogP contribution is -2.06. The molecule has 0 bridgehead atoms. The fourth-order valence-corrected chi connectivity index (χ4v) is 2.68. The number of aryl methyl sites for hydroxylation is 1. The molecule has 0 saturated heterocycles. The highest BCUT2D eigenvalue weighted by Gasteiger charge is 2.09. The number of fused-ring (bicyclic) bond motifs is 1. The van der Waals surface area contributed by atoms with Crippen molar-refractivity contribution in [3.63, 3.8) is 0 Å². The van der Waals surface area contributed by atoms with Gasteiger partial charge in [-0.3, -0.25) is 0 Å². The number of benzene rings is 1. The molecule has 3 aromatic rings. The number of aromatic nitrogens is 3. The van der Waals surface area contributed by atoms with Crippen LogP contribution in [0.25, 0.3) is 10.9 Å². The first-order chi connectivity index (χ1) is 9.83. The molecular weight excluding hydrogens is 250 g/mol. The minimum absolute atomic E-state index is 0.0712. The Labute approximate surface area is 118 Å². The minimum Gasteiger partial charge on any atom is -0.392 e. The summed E-state index contributed by atoms with van der Waals surface area (Å²) in [6, 6.07) is 8.19. The van der Waals surface area contributed by atoms with E-state index in [0.29, 0.717) is 0 Å². The lowest BCUT2D eigenvalue weighted by Gasteiger charge is -2.08. The summed E-state index contributed by atoms with van der Waals surface area (Å²) in [5, 5.41) is 10.6. The number of hydrogen-bond donors (Lipinski definition) is 1. The molecule has 0 amide bonds. The van der Waals surface area contributed by atoms with Gasteiger partial charge in [-0.2, -0.15) is 0 Å². The Bertz CT molecular complexity index is 711. The zero-order valence-electron chi connectivity index (χ0n) is 11.7. The normalized spacial score (nSPS) is 11.3. The van der Waals surface area contributed by atoms with Crippen LogP contribution in [0.2, 0.25) is 0 Å². The van der Waals surface area contributed by atoms with Crippen LogP contribution in [0.5, 0.6) is 0 Å². The van der Waals surface area contributed by atoms with E-state index in [2.05, 4.69) is 33.2 Å². The Morgan fingerprint density at radius 3 is 2.85 bits per heavy atom. The Hall–Kier alpha value is -2.07. The Kier molecular flexibility index (Phi) is 3.56. The molecule has 4 nitrogen and oxygen atoms in total. The number of nitrogens with zero attached hydrogens (tertiary/aromatic N) is 3. The molecule has 0 radical (unpaired) electrons. The quantitative estimate of drug-likeness (QED) is 0.774. The number of para-hydroxylation sites is 1. The molecule has 0 aliphatic rings. The van der Waals surface area contributed by atoms with Crippen LogP contribution in [0.4, 0.5) is 0 Å². The second-order valence-corrected chi connectivity index (χ2v) is 5.04. The van der Waals surface area contributed by atoms with Gasteiger partial charge in [0.1, 0.15) is 0 Å². The number of imidazole rings is 1. The van der Waals surface area contributed by atoms with Gasteiger partial charge in [-0.1, -0.05) is 25.1 Å². The standard InChI is InChI=1S/C16H19N3O/c1-2-7-18-12-17-8-14(18)10-19-9-13(11-20)15-5-3-4-6-16(15)19/h3-6,8-9,12,20H,2,7,10-11H2,1H3. The number of rotatable bonds is 5. The van der Waals surface area contributed by atoms with Crippen LogP contribution in [0.15, 0.2) is 43.0 Å². The molecule has 0 aliphatic carbocycles. The first-order valence-electron chi connectivity index (χ1n) is 7.00. The molecule has 0 fully saturated rings. The summed E-state index contributed by atoms with van der Waals surface area (Å²) in [4.78, 5) is 4.24. The molecule has 0 unspecified atom stereocenters. The average Bonchev–Trinajstić information content (AvgIpc) is 3.05. The SMILES string of the molecule is CCCn1cncc1Cn1cc(CO)c2ccccc21. The summed E-state index contributed by atoms with van der Waals surface area (Å²) in [7, 11) is 0. The van der Waals surface area contributed by atoms with Crippen molar-refractivity contribution < 1.29 is 5.11 Å². The maximum atomic E-state index is 9.48. The van der Waals surface area contributed by atoms with Crippen molar-refractivity contribution in [3.05, 3.63) is 54.2 Å². The maximum Gasteiger partial charge on any atom is 0.0948 e. The van der Waals surface area contributed by atoms with Gasteiger partial charge in [0.25, 0.3) is 0 Å². The summed E-state index contributed by atoms with van der Waals surface area (Å²) >= 11 is 0. The van der Waals surface area contributed by atoms with Crippen molar-refractivity contribution in [2.45, 2.75) is 33.0 Å². The lowest BCUT2D eigenvalue weighted by atomic mass is 10.2. The number of hydrogen-bond acceptors (Lipinski definition) is 2. The van der Waals surface area contributed by atoms with Crippen LogP contribution in [0.3, 0.4) is 0 Å². The van der Waals surface area contributed by atoms with Crippen molar-refractivity contribution in [1.82, 2.24) is 14.1 Å². The van der Waals surface area contributed by atoms with Crippen LogP contribution in [-0.2, 0) is 19.7 Å². The van der Waals surface area contributed by atoms with Crippen molar-refractivity contribution in [2.75, 3.05) is 0 Å². The van der Waals surface area contributed by atoms with E-state index in [1.165, 1.54) is 5.69 Å². The van der Waals surface area contributed by atoms with Gasteiger partial charge in [0.2, 0.25) is 0 Å². The van der Waals surface area contributed by atoms with Crippen molar-refractivity contribution >= 4 is 10.9 Å². The summed E-state index contributed by atoms with van der Waals surface area (Å²) in [5.74, 6) is 0. The molecule has 0 aliphatic heterocycles. The van der Waals surface area contributed by atoms with E-state index >= 15 is 0 Å². The van der Waals surface area contributed by atoms with E-state index in [1.54, 1.807) is 0 Å². The van der Waals surface area contributed by atoms with Crippen LogP contribution >= 0.6 is 0 Å². The van der Waals surface area contributed by atoms with Gasteiger partial charge in [-0.05, 0) is 12.5 Å². The predicted molar refractivity (Wildman–Crippen MR) is 79.5 cm³/mol. The molecule has 1 N–H and O–H groups in total. The summed E-state index contributed by atoms with van der Waals surface area (Å²) in [5.41, 5.74) is 3.32. The van der Waals surface area contributed by atoms with Crippen molar-refractivity contribution in [1.29, 1.82) is 0 Å². The Morgan fingerprint density at radius 1 is 1.20 bits per heavy atom. The molecule has 0 spiro atoms. The first kappa shape index (κ1) is 12.9. The molecule has 104 valence electrons. The van der Waals surface area contributed by atoms with Gasteiger partial charge in [0, 0.05) is 35.4 Å². The van der Waals surface area contributed by atoms with Gasteiger partial charge >= 0.3 is 0 Å². The van der Waals surface area contributed by atoms with E-state index in [0.717, 1.165) is 36.0 Å². The van der Waals surface area contributed by atoms with Gasteiger partial charge in [0.05, 0.1) is 25.2 Å². The van der Waals surface area contributed by atoms with E-state index in [1.807, 2.05) is 30.9 Å². The third-order valence-corrected chi connectivity index (χ3v) is 3.64. The highest BCUT2D eigenvalue weighted by Crippen LogP contribution is 2.22. The summed E-state index contributed by atoms with van der Waals surface area (Å²) in [6.45, 7) is 4.00. The highest BCUT2D eigenvalue weighted by molar-refractivity contribution is 5.83. The zero-order valence-corrected chi connectivity index (χ0v) is 11.7. The number of aliphatic hydroxyl groups is 1. The van der Waals surface area contributed by atoms with E-state index < -0.39 is 0 Å². The maximum absolute atomic E-state index is 9.48. The first-order valence-corrected chi connectivity index (χ1v) is 7.00. The van der Waals surface area contributed by atoms with Gasteiger partial charge in [0.15, 0.2) is 0 Å². The smallest absolute Gasteiger partial charge is 0.0948 e. The molecule has 2 heterocycles. The molecule has 4 heteroatoms. The van der Waals surface area contributed by atoms with Crippen LogP contribution in [-0.4, -0.2) is 19.2 Å². The molecule has 20 heavy (non-hydrogen) atoms. The second-order valence-electron chi connectivity index (χ2n) is 5.04. The van der Waals surface area contributed by atoms with Gasteiger partial charge < -0.3 is 14.2 Å².